The SMILES string of the molecule is CC(C)Oc1cc(NN2CCOCC2)cc([N+](=O)[O-])c1. The molecule has 0 bridgehead atoms. The zero-order valence-electron chi connectivity index (χ0n) is 11.7. The van der Waals surface area contributed by atoms with E-state index in [1.54, 1.807) is 6.07 Å². The highest BCUT2D eigenvalue weighted by atomic mass is 16.6. The summed E-state index contributed by atoms with van der Waals surface area (Å²) in [6.07, 6.45) is -0.0340. The number of nitro groups is 1. The molecule has 1 fully saturated rings. The molecule has 1 aliphatic rings. The summed E-state index contributed by atoms with van der Waals surface area (Å²) < 4.78 is 10.8. The first-order chi connectivity index (χ1) is 9.54. The average Bonchev–Trinajstić information content (AvgIpc) is 2.38. The minimum atomic E-state index is -0.419. The van der Waals surface area contributed by atoms with Gasteiger partial charge in [0.05, 0.1) is 36.0 Å². The fourth-order valence-electron chi connectivity index (χ4n) is 1.95. The van der Waals surface area contributed by atoms with E-state index in [2.05, 4.69) is 5.43 Å². The number of ether oxygens (including phenoxy) is 2. The molecule has 0 amide bonds. The van der Waals surface area contributed by atoms with Gasteiger partial charge in [-0.2, -0.15) is 0 Å². The minimum Gasteiger partial charge on any atom is -0.491 e. The summed E-state index contributed by atoms with van der Waals surface area (Å²) in [4.78, 5) is 10.6. The molecule has 2 rings (SSSR count). The predicted octanol–water partition coefficient (Wildman–Crippen LogP) is 2.04. The van der Waals surface area contributed by atoms with Crippen LogP contribution in [0.5, 0.6) is 5.75 Å². The summed E-state index contributed by atoms with van der Waals surface area (Å²) in [6, 6.07) is 4.70. The average molecular weight is 281 g/mol. The van der Waals surface area contributed by atoms with Crippen molar-refractivity contribution in [2.45, 2.75) is 20.0 Å². The number of anilines is 1. The number of nitrogens with zero attached hydrogens (tertiary/aromatic N) is 2. The number of non-ortho nitro benzene ring substituents is 1. The summed E-state index contributed by atoms with van der Waals surface area (Å²) in [5.41, 5.74) is 3.82. The van der Waals surface area contributed by atoms with Gasteiger partial charge < -0.3 is 14.9 Å². The van der Waals surface area contributed by atoms with Crippen molar-refractivity contribution >= 4 is 11.4 Å². The Morgan fingerprint density at radius 1 is 1.35 bits per heavy atom. The van der Waals surface area contributed by atoms with Crippen molar-refractivity contribution < 1.29 is 14.4 Å². The molecule has 1 aromatic carbocycles. The lowest BCUT2D eigenvalue weighted by Crippen LogP contribution is -2.40. The molecule has 1 heterocycles. The van der Waals surface area contributed by atoms with Crippen LogP contribution in [0, 0.1) is 10.1 Å². The maximum absolute atomic E-state index is 11.0. The number of morpholine rings is 1. The number of benzene rings is 1. The number of nitrogens with one attached hydrogen (secondary N) is 1. The lowest BCUT2D eigenvalue weighted by atomic mass is 10.2. The minimum absolute atomic E-state index is 0.0129. The van der Waals surface area contributed by atoms with E-state index in [9.17, 15) is 10.1 Å². The molecule has 0 radical (unpaired) electrons. The molecule has 1 N–H and O–H groups in total. The zero-order valence-corrected chi connectivity index (χ0v) is 11.7. The van der Waals surface area contributed by atoms with Gasteiger partial charge in [0.2, 0.25) is 0 Å². The maximum Gasteiger partial charge on any atom is 0.275 e. The van der Waals surface area contributed by atoms with Crippen LogP contribution in [-0.2, 0) is 4.74 Å². The van der Waals surface area contributed by atoms with Crippen molar-refractivity contribution in [3.8, 4) is 5.75 Å². The van der Waals surface area contributed by atoms with Gasteiger partial charge in [-0.15, -0.1) is 0 Å². The first-order valence-corrected chi connectivity index (χ1v) is 6.60. The van der Waals surface area contributed by atoms with Crippen LogP contribution in [0.2, 0.25) is 0 Å². The second kappa shape index (κ2) is 6.53. The van der Waals surface area contributed by atoms with E-state index in [1.807, 2.05) is 18.9 Å². The molecule has 0 saturated carbocycles. The van der Waals surface area contributed by atoms with Crippen molar-refractivity contribution in [3.63, 3.8) is 0 Å². The summed E-state index contributed by atoms with van der Waals surface area (Å²) in [5, 5.41) is 12.9. The van der Waals surface area contributed by atoms with E-state index in [4.69, 9.17) is 9.47 Å². The molecule has 20 heavy (non-hydrogen) atoms. The van der Waals surface area contributed by atoms with Gasteiger partial charge in [0.25, 0.3) is 5.69 Å². The highest BCUT2D eigenvalue weighted by molar-refractivity contribution is 5.56. The van der Waals surface area contributed by atoms with Crippen LogP contribution in [0.15, 0.2) is 18.2 Å². The maximum atomic E-state index is 11.0. The molecule has 1 aliphatic heterocycles. The number of rotatable bonds is 5. The quantitative estimate of drug-likeness (QED) is 0.657. The third kappa shape index (κ3) is 4.07. The van der Waals surface area contributed by atoms with Crippen molar-refractivity contribution in [3.05, 3.63) is 28.3 Å². The Hall–Kier alpha value is -1.86. The molecule has 0 unspecified atom stereocenters. The molecule has 0 atom stereocenters. The van der Waals surface area contributed by atoms with E-state index in [1.165, 1.54) is 12.1 Å². The second-order valence-corrected chi connectivity index (χ2v) is 4.85. The Balaban J connectivity index is 2.17. The number of hydrogen-bond donors (Lipinski definition) is 1. The monoisotopic (exact) mass is 281 g/mol. The van der Waals surface area contributed by atoms with Crippen LogP contribution in [-0.4, -0.2) is 42.3 Å². The molecule has 0 aliphatic carbocycles. The van der Waals surface area contributed by atoms with E-state index in [0.29, 0.717) is 24.7 Å². The van der Waals surface area contributed by atoms with E-state index in [-0.39, 0.29) is 11.8 Å². The second-order valence-electron chi connectivity index (χ2n) is 4.85. The van der Waals surface area contributed by atoms with Gasteiger partial charge in [0.1, 0.15) is 5.75 Å². The third-order valence-corrected chi connectivity index (χ3v) is 2.77. The standard InChI is InChI=1S/C13H19N3O4/c1-10(2)20-13-8-11(7-12(9-13)16(17)18)14-15-3-5-19-6-4-15/h7-10,14H,3-6H2,1-2H3. The lowest BCUT2D eigenvalue weighted by Gasteiger charge is -2.28. The molecule has 0 spiro atoms. The van der Waals surface area contributed by atoms with Crippen LogP contribution >= 0.6 is 0 Å². The Morgan fingerprint density at radius 2 is 2.05 bits per heavy atom. The Kier molecular flexibility index (Phi) is 4.75. The van der Waals surface area contributed by atoms with E-state index in [0.717, 1.165) is 13.1 Å². The van der Waals surface area contributed by atoms with Gasteiger partial charge in [-0.3, -0.25) is 10.1 Å². The number of nitro benzene ring substituents is 1. The van der Waals surface area contributed by atoms with Crippen LogP contribution in [0.1, 0.15) is 13.8 Å². The molecule has 1 saturated heterocycles. The largest absolute Gasteiger partial charge is 0.491 e. The first-order valence-electron chi connectivity index (χ1n) is 6.60. The van der Waals surface area contributed by atoms with E-state index >= 15 is 0 Å². The number of hydrogen-bond acceptors (Lipinski definition) is 6. The summed E-state index contributed by atoms with van der Waals surface area (Å²) in [5.74, 6) is 0.491. The Bertz CT molecular complexity index is 473. The van der Waals surface area contributed by atoms with Crippen molar-refractivity contribution in [2.75, 3.05) is 31.7 Å². The molecule has 7 nitrogen and oxygen atoms in total. The Labute approximate surface area is 117 Å². The van der Waals surface area contributed by atoms with Crippen LogP contribution < -0.4 is 10.2 Å². The molecule has 110 valence electrons. The highest BCUT2D eigenvalue weighted by Crippen LogP contribution is 2.27. The Morgan fingerprint density at radius 3 is 2.65 bits per heavy atom. The van der Waals surface area contributed by atoms with Gasteiger partial charge in [-0.1, -0.05) is 0 Å². The topological polar surface area (TPSA) is 76.9 Å². The third-order valence-electron chi connectivity index (χ3n) is 2.77. The van der Waals surface area contributed by atoms with Crippen LogP contribution in [0.4, 0.5) is 11.4 Å². The summed E-state index contributed by atoms with van der Waals surface area (Å²) in [6.45, 7) is 6.54. The molecular formula is C13H19N3O4. The van der Waals surface area contributed by atoms with E-state index < -0.39 is 4.92 Å². The first kappa shape index (κ1) is 14.5. The van der Waals surface area contributed by atoms with Crippen molar-refractivity contribution in [2.24, 2.45) is 0 Å². The normalized spacial score (nSPS) is 16.1. The van der Waals surface area contributed by atoms with Gasteiger partial charge >= 0.3 is 0 Å². The van der Waals surface area contributed by atoms with Gasteiger partial charge in [-0.05, 0) is 13.8 Å². The van der Waals surface area contributed by atoms with Gasteiger partial charge in [-0.25, -0.2) is 5.01 Å². The summed E-state index contributed by atoms with van der Waals surface area (Å²) >= 11 is 0. The fourth-order valence-corrected chi connectivity index (χ4v) is 1.95. The zero-order chi connectivity index (χ0) is 14.5. The van der Waals surface area contributed by atoms with Crippen molar-refractivity contribution in [1.82, 2.24) is 5.01 Å². The fraction of sp³-hybridized carbons (Fsp3) is 0.538. The smallest absolute Gasteiger partial charge is 0.275 e. The molecule has 0 aromatic heterocycles. The predicted molar refractivity (Wildman–Crippen MR) is 74.9 cm³/mol. The highest BCUT2D eigenvalue weighted by Gasteiger charge is 2.15. The van der Waals surface area contributed by atoms with Crippen molar-refractivity contribution in [1.29, 1.82) is 0 Å². The molecule has 1 aromatic rings. The lowest BCUT2D eigenvalue weighted by molar-refractivity contribution is -0.384. The van der Waals surface area contributed by atoms with Crippen LogP contribution in [0.3, 0.4) is 0 Å². The molecular weight excluding hydrogens is 262 g/mol. The van der Waals surface area contributed by atoms with Gasteiger partial charge in [0, 0.05) is 25.2 Å². The number of hydrazine groups is 1. The van der Waals surface area contributed by atoms with Gasteiger partial charge in [0.15, 0.2) is 0 Å². The molecule has 7 heteroatoms. The van der Waals surface area contributed by atoms with Crippen LogP contribution in [0.25, 0.3) is 0 Å². The summed E-state index contributed by atoms with van der Waals surface area (Å²) in [7, 11) is 0.